The van der Waals surface area contributed by atoms with Gasteiger partial charge in [-0.1, -0.05) is 228 Å². The van der Waals surface area contributed by atoms with Gasteiger partial charge < -0.3 is 14.6 Å². The van der Waals surface area contributed by atoms with Crippen molar-refractivity contribution in [2.24, 2.45) is 16.2 Å². The van der Waals surface area contributed by atoms with Gasteiger partial charge in [0.2, 0.25) is 0 Å². The molecule has 8 nitrogen and oxygen atoms in total. The zero-order chi connectivity index (χ0) is 88.2. The molecule has 111 heavy (non-hydrogen) atoms. The lowest BCUT2D eigenvalue weighted by molar-refractivity contribution is 0.222. The molecule has 0 radical (unpaired) electrons. The minimum Gasteiger partial charge on any atom is -0.745 e. The Morgan fingerprint density at radius 1 is 0.333 bits per heavy atom. The molecule has 6 aromatic rings. The molecule has 0 heterocycles. The van der Waals surface area contributed by atoms with Crippen molar-refractivity contribution in [1.82, 2.24) is 0 Å². The summed E-state index contributed by atoms with van der Waals surface area (Å²) in [5, 5.41) is -2.63. The summed E-state index contributed by atoms with van der Waals surface area (Å²) in [4.78, 5) is 8.65. The Balaban J connectivity index is -0.000000291. The van der Waals surface area contributed by atoms with Crippen molar-refractivity contribution in [2.75, 3.05) is 30.3 Å². The van der Waals surface area contributed by atoms with Crippen LogP contribution in [0.2, 0.25) is 0 Å². The Labute approximate surface area is 698 Å². The lowest BCUT2D eigenvalue weighted by Gasteiger charge is -2.32. The van der Waals surface area contributed by atoms with Gasteiger partial charge in [0.1, 0.15) is 28.9 Å². The summed E-state index contributed by atoms with van der Waals surface area (Å²) < 4.78 is 93.8. The molecule has 642 valence electrons. The quantitative estimate of drug-likeness (QED) is 0.0284. The maximum atomic E-state index is 13.4. The molecule has 0 aliphatic rings. The third-order valence-corrected chi connectivity index (χ3v) is 28.7. The molecule has 0 N–H and O–H groups in total. The van der Waals surface area contributed by atoms with Gasteiger partial charge >= 0.3 is 0 Å². The number of rotatable bonds is 27. The maximum Gasteiger partial charge on any atom is 0.196 e. The molecule has 6 rings (SSSR count). The van der Waals surface area contributed by atoms with Crippen molar-refractivity contribution >= 4 is 62.8 Å². The zero-order valence-electron chi connectivity index (χ0n) is 78.6. The Morgan fingerprint density at radius 2 is 0.532 bits per heavy atom. The van der Waals surface area contributed by atoms with Crippen LogP contribution in [0.15, 0.2) is 139 Å². The number of sulfonamides is 2. The smallest absolute Gasteiger partial charge is 0.196 e. The third kappa shape index (κ3) is 53.8. The molecule has 0 spiro atoms. The van der Waals surface area contributed by atoms with Gasteiger partial charge in [0.05, 0.1) is 52.7 Å². The lowest BCUT2D eigenvalue weighted by Crippen LogP contribution is -2.30. The molecule has 1 unspecified atom stereocenters. The summed E-state index contributed by atoms with van der Waals surface area (Å²) in [5.41, 5.74) is 17.0. The first-order valence-electron chi connectivity index (χ1n) is 41.6. The van der Waals surface area contributed by atoms with Crippen LogP contribution in [0.25, 0.3) is 4.13 Å². The zero-order valence-corrected chi connectivity index (χ0v) is 83.5. The second kappa shape index (κ2) is 61.4. The molecule has 1 atom stereocenters. The lowest BCUT2D eigenvalue weighted by atomic mass is 9.81. The first-order valence-corrected chi connectivity index (χ1v) is 51.1. The van der Waals surface area contributed by atoms with Crippen LogP contribution in [-0.4, -0.2) is 65.1 Å². The van der Waals surface area contributed by atoms with E-state index >= 15 is 0 Å². The first-order chi connectivity index (χ1) is 51.5. The van der Waals surface area contributed by atoms with Crippen LogP contribution >= 0.6 is 0 Å². The minimum absolute atomic E-state index is 0.0721. The predicted octanol–water partition coefficient (Wildman–Crippen LogP) is 30.0. The van der Waals surface area contributed by atoms with E-state index < -0.39 is 35.2 Å². The Morgan fingerprint density at radius 3 is 0.721 bits per heavy atom. The van der Waals surface area contributed by atoms with E-state index in [1.54, 1.807) is 12.8 Å². The highest BCUT2D eigenvalue weighted by Gasteiger charge is 2.32. The summed E-state index contributed by atoms with van der Waals surface area (Å²) in [6.45, 7) is 76.5. The number of nitrogens with zero attached hydrogens (tertiary/aromatic N) is 1. The number of aryl methyl sites for hydroxylation is 12. The molecule has 0 saturated heterocycles. The van der Waals surface area contributed by atoms with E-state index in [2.05, 4.69) is 264 Å². The molecular weight excluding hydrogens is 1490 g/mol. The number of halogens is 1. The third-order valence-electron chi connectivity index (χ3n) is 18.3. The summed E-state index contributed by atoms with van der Waals surface area (Å²) in [5.74, 6) is 1.32. The van der Waals surface area contributed by atoms with E-state index in [0.29, 0.717) is 24.7 Å². The molecule has 0 aromatic heterocycles. The number of hydrogen-bond donors (Lipinski definition) is 0. The van der Waals surface area contributed by atoms with Crippen LogP contribution in [0.1, 0.15) is 323 Å². The van der Waals surface area contributed by atoms with Crippen LogP contribution in [0.3, 0.4) is 0 Å². The minimum atomic E-state index is -4.84. The molecular formula is C96H168FNO7S6. The van der Waals surface area contributed by atoms with Gasteiger partial charge in [-0.3, -0.25) is 0 Å². The Hall–Kier alpha value is -3.93. The van der Waals surface area contributed by atoms with Crippen molar-refractivity contribution < 1.29 is 34.2 Å². The van der Waals surface area contributed by atoms with Crippen LogP contribution in [0, 0.1) is 105 Å². The molecule has 15 heteroatoms. The summed E-state index contributed by atoms with van der Waals surface area (Å²) >= 11 is 0. The average Bonchev–Trinajstić information content (AvgIpc) is 0.838. The van der Waals surface area contributed by atoms with Gasteiger partial charge in [-0.2, -0.15) is 19.3 Å². The summed E-state index contributed by atoms with van der Waals surface area (Å²) in [7, 11) is -12.0. The van der Waals surface area contributed by atoms with E-state index in [4.69, 9.17) is 0 Å². The molecule has 0 bridgehead atoms. The number of hydrogen-bond acceptors (Lipinski definition) is 7. The monoisotopic (exact) mass is 1660 g/mol. The van der Waals surface area contributed by atoms with Crippen LogP contribution < -0.4 is 0 Å². The summed E-state index contributed by atoms with van der Waals surface area (Å²) in [6, 6.07) is 41.2. The van der Waals surface area contributed by atoms with E-state index in [0.717, 1.165) is 32.6 Å². The SMILES string of the molecule is CC.CC.CC.CC.CC.CC.CCC(C)(C)CCCC(C)(F)S(=O)(=O)[O-].CCCS(=O)(=O)[N-]S(=O)(=O)CCCC(C)(C)CC.CC[C-](CC)CCC(C)(C)CC.Cc1cc(C)cc([S+](C)c2cc(C)cc(C)c2)c1.Cc1cc(C)cc([S+](C)c2cc(C)cc(C)c2)c1.Cc1cc(C)cc([S+](C)c2cc(C)cc(C)c2)c1. The van der Waals surface area contributed by atoms with Crippen LogP contribution in [0.4, 0.5) is 4.39 Å². The van der Waals surface area contributed by atoms with Gasteiger partial charge in [0.25, 0.3) is 0 Å². The van der Waals surface area contributed by atoms with Crippen molar-refractivity contribution in [3.8, 4) is 0 Å². The number of benzene rings is 6. The second-order valence-corrected chi connectivity index (χ2v) is 41.5. The van der Waals surface area contributed by atoms with Crippen molar-refractivity contribution in [2.45, 2.75) is 374 Å². The highest BCUT2D eigenvalue weighted by molar-refractivity contribution is 8.12. The predicted molar refractivity (Wildman–Crippen MR) is 502 cm³/mol. The average molecular weight is 1660 g/mol. The normalized spacial score (nSPS) is 11.6. The fourth-order valence-electron chi connectivity index (χ4n) is 11.0. The van der Waals surface area contributed by atoms with Gasteiger partial charge in [0.15, 0.2) is 34.4 Å². The van der Waals surface area contributed by atoms with E-state index in [1.165, 1.54) is 128 Å². The topological polar surface area (TPSA) is 140 Å². The fourth-order valence-corrected chi connectivity index (χ4v) is 19.5. The number of alkyl halides is 1. The Kier molecular flexibility index (Phi) is 65.3. The second-order valence-electron chi connectivity index (χ2n) is 30.1. The fraction of sp³-hybridized carbons (Fsp3) is 0.615. The van der Waals surface area contributed by atoms with Crippen molar-refractivity contribution in [1.29, 1.82) is 0 Å². The summed E-state index contributed by atoms with van der Waals surface area (Å²) in [6.07, 6.45) is 17.9. The molecule has 0 fully saturated rings. The molecule has 0 aliphatic carbocycles. The van der Waals surface area contributed by atoms with Gasteiger partial charge in [-0.15, -0.1) is 0 Å². The molecule has 0 aliphatic heterocycles. The largest absolute Gasteiger partial charge is 0.745 e. The van der Waals surface area contributed by atoms with E-state index in [-0.39, 0.29) is 61.4 Å². The van der Waals surface area contributed by atoms with E-state index in [1.807, 2.05) is 111 Å². The van der Waals surface area contributed by atoms with Crippen LogP contribution in [0.5, 0.6) is 0 Å². The molecule has 6 aromatic carbocycles. The van der Waals surface area contributed by atoms with Gasteiger partial charge in [-0.25, -0.2) is 29.6 Å². The molecule has 0 saturated carbocycles. The van der Waals surface area contributed by atoms with Crippen LogP contribution in [-0.2, 0) is 62.8 Å². The van der Waals surface area contributed by atoms with Gasteiger partial charge in [0, 0.05) is 11.5 Å². The van der Waals surface area contributed by atoms with Crippen molar-refractivity contribution in [3.05, 3.63) is 186 Å². The first kappa shape index (κ1) is 118. The van der Waals surface area contributed by atoms with E-state index in [9.17, 15) is 34.2 Å². The van der Waals surface area contributed by atoms with Gasteiger partial charge in [-0.05, 0) is 284 Å². The van der Waals surface area contributed by atoms with Crippen molar-refractivity contribution in [3.63, 3.8) is 0 Å². The maximum absolute atomic E-state index is 13.4. The Bertz CT molecular complexity index is 3250. The standard InChI is InChI=1S/3C17H21S.C12H25.C11H24NO4S2.C10H21FO3S.6C2H6/c3*1-12-6-13(2)9-16(8-12)18(5)17-10-14(3)7-15(4)11-17;1-6-11(7-2)9-10-12(4,5)8-3;1-5-9-17(13,14)12-18(15,16)10-7-8-11(3,4)6-2;1-5-9(2,3)7-6-8-10(4,11)15(12,13)14;6*1-2/h3*6-11H,1-5H3;6-10H2,1-5H3;5-10H2,1-4H3;5-8H2,1-4H3,(H,12,13,14);6*1-2H3/q3*+1;2*-1;;;;;;;/p-1. The highest BCUT2D eigenvalue weighted by Crippen LogP contribution is 2.34. The highest BCUT2D eigenvalue weighted by atomic mass is 32.3. The molecule has 0 amide bonds.